The lowest BCUT2D eigenvalue weighted by atomic mass is 10.2. The van der Waals surface area contributed by atoms with Crippen LogP contribution in [0.4, 0.5) is 20.2 Å². The number of rotatable bonds is 7. The number of methoxy groups -OCH3 is 1. The highest BCUT2D eigenvalue weighted by molar-refractivity contribution is 7.92. The molecule has 1 N–H and O–H groups in total. The molecule has 0 atom stereocenters. The number of anilines is 2. The molecular formula is C19H23F2N3O4S. The Kier molecular flexibility index (Phi) is 6.43. The number of nitrogens with zero attached hydrogens (tertiary/aromatic N) is 2. The van der Waals surface area contributed by atoms with Crippen LogP contribution in [0.5, 0.6) is 11.5 Å². The average Bonchev–Trinajstić information content (AvgIpc) is 2.68. The summed E-state index contributed by atoms with van der Waals surface area (Å²) in [4.78, 5) is 4.17. The van der Waals surface area contributed by atoms with Gasteiger partial charge in [-0.05, 0) is 37.4 Å². The van der Waals surface area contributed by atoms with Crippen LogP contribution in [0.2, 0.25) is 0 Å². The molecule has 7 nitrogen and oxygen atoms in total. The fourth-order valence-corrected chi connectivity index (χ4v) is 4.16. The Morgan fingerprint density at radius 3 is 2.45 bits per heavy atom. The van der Waals surface area contributed by atoms with Gasteiger partial charge in [0, 0.05) is 32.2 Å². The van der Waals surface area contributed by atoms with Gasteiger partial charge in [0.2, 0.25) is 0 Å². The number of alkyl halides is 2. The van der Waals surface area contributed by atoms with Gasteiger partial charge in [0.25, 0.3) is 10.0 Å². The highest BCUT2D eigenvalue weighted by Crippen LogP contribution is 2.33. The monoisotopic (exact) mass is 427 g/mol. The zero-order valence-corrected chi connectivity index (χ0v) is 17.0. The molecule has 1 heterocycles. The summed E-state index contributed by atoms with van der Waals surface area (Å²) in [6.07, 6.45) is 0. The summed E-state index contributed by atoms with van der Waals surface area (Å²) >= 11 is 0. The molecular weight excluding hydrogens is 404 g/mol. The van der Waals surface area contributed by atoms with Crippen molar-refractivity contribution in [2.24, 2.45) is 0 Å². The summed E-state index contributed by atoms with van der Waals surface area (Å²) in [6, 6.07) is 9.98. The number of nitrogens with one attached hydrogen (secondary N) is 1. The van der Waals surface area contributed by atoms with Gasteiger partial charge in [-0.3, -0.25) is 4.72 Å². The van der Waals surface area contributed by atoms with Crippen LogP contribution >= 0.6 is 0 Å². The van der Waals surface area contributed by atoms with E-state index in [0.29, 0.717) is 11.4 Å². The van der Waals surface area contributed by atoms with Gasteiger partial charge in [-0.15, -0.1) is 0 Å². The van der Waals surface area contributed by atoms with Crippen molar-refractivity contribution in [3.05, 3.63) is 42.5 Å². The molecule has 0 spiro atoms. The Labute approximate surface area is 168 Å². The highest BCUT2D eigenvalue weighted by Gasteiger charge is 2.20. The lowest BCUT2D eigenvalue weighted by molar-refractivity contribution is -0.0499. The van der Waals surface area contributed by atoms with E-state index in [9.17, 15) is 17.2 Å². The van der Waals surface area contributed by atoms with E-state index in [1.807, 2.05) is 7.05 Å². The van der Waals surface area contributed by atoms with Crippen LogP contribution in [-0.2, 0) is 10.0 Å². The van der Waals surface area contributed by atoms with Gasteiger partial charge in [0.1, 0.15) is 11.5 Å². The van der Waals surface area contributed by atoms with Crippen LogP contribution in [0.1, 0.15) is 0 Å². The average molecular weight is 427 g/mol. The molecule has 1 aliphatic heterocycles. The normalized spacial score (nSPS) is 15.4. The third kappa shape index (κ3) is 5.27. The maximum absolute atomic E-state index is 12.7. The third-order valence-corrected chi connectivity index (χ3v) is 5.99. The second-order valence-corrected chi connectivity index (χ2v) is 8.32. The Morgan fingerprint density at radius 2 is 1.79 bits per heavy atom. The number of hydrogen-bond acceptors (Lipinski definition) is 6. The second kappa shape index (κ2) is 8.83. The molecule has 0 radical (unpaired) electrons. The van der Waals surface area contributed by atoms with E-state index in [1.54, 1.807) is 25.3 Å². The Bertz CT molecular complexity index is 948. The number of sulfonamides is 1. The van der Waals surface area contributed by atoms with Gasteiger partial charge < -0.3 is 19.3 Å². The molecule has 0 saturated carbocycles. The number of likely N-dealkylation sites (N-methyl/N-ethyl adjacent to an activating group) is 1. The fourth-order valence-electron chi connectivity index (χ4n) is 3.08. The first-order chi connectivity index (χ1) is 13.8. The lowest BCUT2D eigenvalue weighted by Gasteiger charge is -2.35. The van der Waals surface area contributed by atoms with Crippen molar-refractivity contribution >= 4 is 21.4 Å². The van der Waals surface area contributed by atoms with Crippen LogP contribution < -0.4 is 19.1 Å². The summed E-state index contributed by atoms with van der Waals surface area (Å²) < 4.78 is 62.5. The Hall–Kier alpha value is -2.59. The summed E-state index contributed by atoms with van der Waals surface area (Å²) in [5.41, 5.74) is 1.13. The minimum Gasteiger partial charge on any atom is -0.495 e. The predicted molar refractivity (Wildman–Crippen MR) is 107 cm³/mol. The standard InChI is InChI=1S/C19H23F2N3O4S/c1-23-8-10-24(11-9-23)17-12-14(6-7-18(17)27-2)22-29(25,26)16-5-3-4-15(13-16)28-19(20)21/h3-7,12-13,19,22H,8-11H2,1-2H3. The van der Waals surface area contributed by atoms with Gasteiger partial charge in [0.15, 0.2) is 0 Å². The van der Waals surface area contributed by atoms with E-state index in [2.05, 4.69) is 19.3 Å². The van der Waals surface area contributed by atoms with Crippen molar-refractivity contribution < 1.29 is 26.7 Å². The van der Waals surface area contributed by atoms with Crippen LogP contribution in [0.15, 0.2) is 47.4 Å². The summed E-state index contributed by atoms with van der Waals surface area (Å²) in [7, 11) is -0.381. The van der Waals surface area contributed by atoms with Crippen molar-refractivity contribution in [3.8, 4) is 11.5 Å². The molecule has 0 aliphatic carbocycles. The number of piperazine rings is 1. The van der Waals surface area contributed by atoms with E-state index in [0.717, 1.165) is 37.9 Å². The van der Waals surface area contributed by atoms with Gasteiger partial charge in [0.05, 0.1) is 23.4 Å². The molecule has 1 saturated heterocycles. The van der Waals surface area contributed by atoms with Gasteiger partial charge in [-0.25, -0.2) is 8.42 Å². The van der Waals surface area contributed by atoms with Crippen molar-refractivity contribution in [2.45, 2.75) is 11.5 Å². The molecule has 158 valence electrons. The van der Waals surface area contributed by atoms with E-state index >= 15 is 0 Å². The van der Waals surface area contributed by atoms with E-state index in [4.69, 9.17) is 4.74 Å². The van der Waals surface area contributed by atoms with Crippen molar-refractivity contribution in [2.75, 3.05) is 50.0 Å². The van der Waals surface area contributed by atoms with E-state index in [-0.39, 0.29) is 10.6 Å². The first-order valence-electron chi connectivity index (χ1n) is 8.98. The van der Waals surface area contributed by atoms with Gasteiger partial charge in [-0.2, -0.15) is 8.78 Å². The van der Waals surface area contributed by atoms with Crippen LogP contribution in [0.3, 0.4) is 0 Å². The smallest absolute Gasteiger partial charge is 0.387 e. The number of ether oxygens (including phenoxy) is 2. The first kappa shape index (κ1) is 21.1. The Balaban J connectivity index is 1.84. The molecule has 0 aromatic heterocycles. The second-order valence-electron chi connectivity index (χ2n) is 6.64. The van der Waals surface area contributed by atoms with Crippen molar-refractivity contribution in [1.29, 1.82) is 0 Å². The molecule has 2 aromatic carbocycles. The zero-order valence-electron chi connectivity index (χ0n) is 16.1. The predicted octanol–water partition coefficient (Wildman–Crippen LogP) is 2.85. The maximum atomic E-state index is 12.7. The topological polar surface area (TPSA) is 71.1 Å². The number of halogens is 2. The first-order valence-corrected chi connectivity index (χ1v) is 10.5. The highest BCUT2D eigenvalue weighted by atomic mass is 32.2. The quantitative estimate of drug-likeness (QED) is 0.733. The maximum Gasteiger partial charge on any atom is 0.387 e. The van der Waals surface area contributed by atoms with Crippen molar-refractivity contribution in [3.63, 3.8) is 0 Å². The molecule has 10 heteroatoms. The zero-order chi connectivity index (χ0) is 21.0. The molecule has 0 bridgehead atoms. The molecule has 0 amide bonds. The lowest BCUT2D eigenvalue weighted by Crippen LogP contribution is -2.44. The van der Waals surface area contributed by atoms with Gasteiger partial charge in [-0.1, -0.05) is 6.07 Å². The largest absolute Gasteiger partial charge is 0.495 e. The summed E-state index contributed by atoms with van der Waals surface area (Å²) in [6.45, 7) is 0.312. The number of hydrogen-bond donors (Lipinski definition) is 1. The van der Waals surface area contributed by atoms with Gasteiger partial charge >= 0.3 is 6.61 Å². The minimum absolute atomic E-state index is 0.174. The molecule has 0 unspecified atom stereocenters. The van der Waals surface area contributed by atoms with Crippen LogP contribution in [-0.4, -0.2) is 60.3 Å². The van der Waals surface area contributed by atoms with Crippen molar-refractivity contribution in [1.82, 2.24) is 4.90 Å². The molecule has 1 fully saturated rings. The molecule has 29 heavy (non-hydrogen) atoms. The van der Waals surface area contributed by atoms with Crippen LogP contribution in [0, 0.1) is 0 Å². The summed E-state index contributed by atoms with van der Waals surface area (Å²) in [5.74, 6) is 0.417. The molecule has 1 aliphatic rings. The summed E-state index contributed by atoms with van der Waals surface area (Å²) in [5, 5.41) is 0. The van der Waals surface area contributed by atoms with E-state index in [1.165, 1.54) is 18.2 Å². The third-order valence-electron chi connectivity index (χ3n) is 4.62. The number of benzene rings is 2. The Morgan fingerprint density at radius 1 is 1.07 bits per heavy atom. The minimum atomic E-state index is -3.99. The molecule has 3 rings (SSSR count). The van der Waals surface area contributed by atoms with E-state index < -0.39 is 16.6 Å². The van der Waals surface area contributed by atoms with Crippen LogP contribution in [0.25, 0.3) is 0 Å². The SMILES string of the molecule is COc1ccc(NS(=O)(=O)c2cccc(OC(F)F)c2)cc1N1CCN(C)CC1. The molecule has 2 aromatic rings. The fraction of sp³-hybridized carbons (Fsp3) is 0.368.